The second-order valence-electron chi connectivity index (χ2n) is 7.18. The fourth-order valence-corrected chi connectivity index (χ4v) is 3.68. The van der Waals surface area contributed by atoms with Gasteiger partial charge in [0.2, 0.25) is 5.91 Å². The van der Waals surface area contributed by atoms with Crippen LogP contribution in [0, 0.1) is 0 Å². The lowest BCUT2D eigenvalue weighted by Crippen LogP contribution is -2.22. The van der Waals surface area contributed by atoms with Gasteiger partial charge in [-0.2, -0.15) is 0 Å². The normalized spacial score (nSPS) is 11.5. The van der Waals surface area contributed by atoms with Gasteiger partial charge < -0.3 is 9.88 Å². The van der Waals surface area contributed by atoms with Crippen LogP contribution in [0.4, 0.5) is 0 Å². The number of aromatic nitrogens is 2. The number of nitrogens with one attached hydrogen (secondary N) is 1. The monoisotopic (exact) mass is 383 g/mol. The van der Waals surface area contributed by atoms with E-state index in [4.69, 9.17) is 4.98 Å². The van der Waals surface area contributed by atoms with Crippen LogP contribution in [-0.2, 0) is 17.8 Å². The molecule has 29 heavy (non-hydrogen) atoms. The molecule has 1 aromatic heterocycles. The van der Waals surface area contributed by atoms with Crippen LogP contribution in [0.15, 0.2) is 78.9 Å². The molecule has 0 saturated heterocycles. The lowest BCUT2D eigenvalue weighted by molar-refractivity contribution is -0.116. The number of imidazole rings is 1. The third-order valence-electron chi connectivity index (χ3n) is 5.08. The van der Waals surface area contributed by atoms with E-state index >= 15 is 0 Å². The van der Waals surface area contributed by atoms with Gasteiger partial charge in [-0.3, -0.25) is 4.79 Å². The number of allylic oxidation sites excluding steroid dienone is 1. The summed E-state index contributed by atoms with van der Waals surface area (Å²) >= 11 is 0. The number of aryl methyl sites for hydroxylation is 1. The Balaban J connectivity index is 1.56. The minimum atomic E-state index is -0.0443. The molecule has 146 valence electrons. The predicted molar refractivity (Wildman–Crippen MR) is 119 cm³/mol. The van der Waals surface area contributed by atoms with Gasteiger partial charge in [-0.15, -0.1) is 0 Å². The zero-order valence-corrected chi connectivity index (χ0v) is 16.6. The van der Waals surface area contributed by atoms with E-state index in [9.17, 15) is 4.79 Å². The zero-order valence-electron chi connectivity index (χ0n) is 16.6. The molecular formula is C25H25N3O. The highest BCUT2D eigenvalue weighted by Gasteiger charge is 2.11. The van der Waals surface area contributed by atoms with E-state index in [2.05, 4.69) is 70.5 Å². The molecule has 1 N–H and O–H groups in total. The Morgan fingerprint density at radius 1 is 1.03 bits per heavy atom. The Hall–Kier alpha value is -3.40. The first kappa shape index (κ1) is 18.9. The largest absolute Gasteiger partial charge is 0.353 e. The number of amides is 1. The molecule has 4 aromatic rings. The molecule has 0 aliphatic rings. The third-order valence-corrected chi connectivity index (χ3v) is 5.08. The van der Waals surface area contributed by atoms with Gasteiger partial charge in [0, 0.05) is 19.5 Å². The first-order valence-corrected chi connectivity index (χ1v) is 10.1. The summed E-state index contributed by atoms with van der Waals surface area (Å²) < 4.78 is 2.30. The Bertz CT molecular complexity index is 1170. The van der Waals surface area contributed by atoms with Crippen LogP contribution in [0.1, 0.15) is 24.7 Å². The molecule has 4 heteroatoms. The Labute approximate surface area is 170 Å². The fourth-order valence-electron chi connectivity index (χ4n) is 3.68. The number of hydrogen-bond donors (Lipinski definition) is 1. The van der Waals surface area contributed by atoms with Crippen molar-refractivity contribution in [1.82, 2.24) is 14.9 Å². The smallest absolute Gasteiger partial charge is 0.243 e. The third kappa shape index (κ3) is 4.37. The Morgan fingerprint density at radius 3 is 2.69 bits per heavy atom. The van der Waals surface area contributed by atoms with E-state index in [0.717, 1.165) is 36.2 Å². The topological polar surface area (TPSA) is 46.9 Å². The van der Waals surface area contributed by atoms with Crippen LogP contribution < -0.4 is 5.32 Å². The molecule has 0 atom stereocenters. The molecule has 0 bridgehead atoms. The maximum Gasteiger partial charge on any atom is 0.243 e. The van der Waals surface area contributed by atoms with Crippen molar-refractivity contribution in [2.75, 3.05) is 6.54 Å². The quantitative estimate of drug-likeness (QED) is 0.366. The summed E-state index contributed by atoms with van der Waals surface area (Å²) in [5, 5.41) is 5.42. The number of fused-ring (bicyclic) bond motifs is 2. The minimum Gasteiger partial charge on any atom is -0.353 e. The maximum absolute atomic E-state index is 11.6. The van der Waals surface area contributed by atoms with Crippen molar-refractivity contribution in [3.63, 3.8) is 0 Å². The molecular weight excluding hydrogens is 358 g/mol. The van der Waals surface area contributed by atoms with Crippen LogP contribution >= 0.6 is 0 Å². The van der Waals surface area contributed by atoms with Gasteiger partial charge in [0.15, 0.2) is 0 Å². The molecule has 1 heterocycles. The second kappa shape index (κ2) is 8.74. The fraction of sp³-hybridized carbons (Fsp3) is 0.200. The average Bonchev–Trinajstić information content (AvgIpc) is 3.09. The van der Waals surface area contributed by atoms with E-state index < -0.39 is 0 Å². The summed E-state index contributed by atoms with van der Waals surface area (Å²) in [6.07, 6.45) is 4.97. The highest BCUT2D eigenvalue weighted by molar-refractivity contribution is 5.87. The highest BCUT2D eigenvalue weighted by atomic mass is 16.1. The summed E-state index contributed by atoms with van der Waals surface area (Å²) in [4.78, 5) is 16.5. The molecule has 0 saturated carbocycles. The molecule has 0 unspecified atom stereocenters. The first-order valence-electron chi connectivity index (χ1n) is 10.1. The SMILES string of the molecule is C/C=C\C(=O)NCCCc1nc2ccccc2n1Cc1ccc2ccccc2c1. The van der Waals surface area contributed by atoms with Crippen molar-refractivity contribution in [3.05, 3.63) is 90.3 Å². The molecule has 0 fully saturated rings. The second-order valence-corrected chi connectivity index (χ2v) is 7.18. The molecule has 4 rings (SSSR count). The van der Waals surface area contributed by atoms with E-state index in [1.807, 2.05) is 13.0 Å². The number of hydrogen-bond acceptors (Lipinski definition) is 2. The lowest BCUT2D eigenvalue weighted by Gasteiger charge is -2.11. The molecule has 0 aliphatic heterocycles. The molecule has 0 aliphatic carbocycles. The summed E-state index contributed by atoms with van der Waals surface area (Å²) in [5.74, 6) is 1.01. The van der Waals surface area contributed by atoms with E-state index in [1.165, 1.54) is 16.3 Å². The van der Waals surface area contributed by atoms with Gasteiger partial charge in [-0.25, -0.2) is 4.98 Å². The number of rotatable bonds is 7. The summed E-state index contributed by atoms with van der Waals surface area (Å²) in [5.41, 5.74) is 3.42. The summed E-state index contributed by atoms with van der Waals surface area (Å²) in [7, 11) is 0. The Morgan fingerprint density at radius 2 is 1.83 bits per heavy atom. The van der Waals surface area contributed by atoms with E-state index in [0.29, 0.717) is 6.54 Å². The van der Waals surface area contributed by atoms with Crippen molar-refractivity contribution < 1.29 is 4.79 Å². The highest BCUT2D eigenvalue weighted by Crippen LogP contribution is 2.21. The predicted octanol–water partition coefficient (Wildman–Crippen LogP) is 4.86. The standard InChI is InChI=1S/C25H25N3O/c1-2-8-25(29)26-16-7-13-24-27-22-11-5-6-12-23(22)28(24)18-19-14-15-20-9-3-4-10-21(20)17-19/h2-6,8-12,14-15,17H,7,13,16,18H2,1H3,(H,26,29)/b8-2-. The van der Waals surface area contributed by atoms with Crippen molar-refractivity contribution >= 4 is 27.7 Å². The van der Waals surface area contributed by atoms with Crippen LogP contribution in [-0.4, -0.2) is 22.0 Å². The minimum absolute atomic E-state index is 0.0443. The van der Waals surface area contributed by atoms with E-state index in [-0.39, 0.29) is 5.91 Å². The number of benzene rings is 3. The van der Waals surface area contributed by atoms with Crippen LogP contribution in [0.25, 0.3) is 21.8 Å². The van der Waals surface area contributed by atoms with Gasteiger partial charge >= 0.3 is 0 Å². The molecule has 1 amide bonds. The maximum atomic E-state index is 11.6. The average molecular weight is 383 g/mol. The first-order chi connectivity index (χ1) is 14.2. The van der Waals surface area contributed by atoms with Gasteiger partial charge in [0.25, 0.3) is 0 Å². The van der Waals surface area contributed by atoms with Gasteiger partial charge in [0.05, 0.1) is 11.0 Å². The van der Waals surface area contributed by atoms with Gasteiger partial charge in [0.1, 0.15) is 5.82 Å². The molecule has 0 radical (unpaired) electrons. The number of carbonyl (C=O) groups is 1. The Kier molecular flexibility index (Phi) is 5.71. The number of para-hydroxylation sites is 2. The van der Waals surface area contributed by atoms with Gasteiger partial charge in [-0.1, -0.05) is 54.6 Å². The number of nitrogens with zero attached hydrogens (tertiary/aromatic N) is 2. The van der Waals surface area contributed by atoms with Crippen molar-refractivity contribution in [2.45, 2.75) is 26.3 Å². The molecule has 3 aromatic carbocycles. The lowest BCUT2D eigenvalue weighted by atomic mass is 10.1. The van der Waals surface area contributed by atoms with Crippen LogP contribution in [0.5, 0.6) is 0 Å². The zero-order chi connectivity index (χ0) is 20.1. The van der Waals surface area contributed by atoms with Crippen LogP contribution in [0.2, 0.25) is 0 Å². The summed E-state index contributed by atoms with van der Waals surface area (Å²) in [6, 6.07) is 23.3. The molecule has 4 nitrogen and oxygen atoms in total. The molecule has 0 spiro atoms. The number of carbonyl (C=O) groups excluding carboxylic acids is 1. The summed E-state index contributed by atoms with van der Waals surface area (Å²) in [6.45, 7) is 3.27. The van der Waals surface area contributed by atoms with Crippen molar-refractivity contribution in [1.29, 1.82) is 0 Å². The van der Waals surface area contributed by atoms with E-state index in [1.54, 1.807) is 12.2 Å². The van der Waals surface area contributed by atoms with Gasteiger partial charge in [-0.05, 0) is 54.0 Å². The van der Waals surface area contributed by atoms with Crippen LogP contribution in [0.3, 0.4) is 0 Å². The van der Waals surface area contributed by atoms with Crippen molar-refractivity contribution in [3.8, 4) is 0 Å². The van der Waals surface area contributed by atoms with Crippen molar-refractivity contribution in [2.24, 2.45) is 0 Å².